The lowest BCUT2D eigenvalue weighted by molar-refractivity contribution is 0.0459. The molecule has 0 atom stereocenters. The van der Waals surface area contributed by atoms with Crippen molar-refractivity contribution in [3.63, 3.8) is 0 Å². The van der Waals surface area contributed by atoms with Gasteiger partial charge in [-0.05, 0) is 42.3 Å². The van der Waals surface area contributed by atoms with Gasteiger partial charge in [0.25, 0.3) is 0 Å². The third kappa shape index (κ3) is 3.69. The molecule has 5 heteroatoms. The van der Waals surface area contributed by atoms with Crippen molar-refractivity contribution in [3.8, 4) is 0 Å². The van der Waals surface area contributed by atoms with Crippen molar-refractivity contribution in [3.05, 3.63) is 54.1 Å². The number of benzene rings is 2. The number of nitrogens with one attached hydrogen (secondary N) is 2. The molecule has 0 unspecified atom stereocenters. The lowest BCUT2D eigenvalue weighted by atomic mass is 10.2. The number of nitrogens with zero attached hydrogens (tertiary/aromatic N) is 1. The van der Waals surface area contributed by atoms with E-state index in [0.717, 1.165) is 16.7 Å². The molecule has 2 aromatic carbocycles. The van der Waals surface area contributed by atoms with Gasteiger partial charge >= 0.3 is 5.97 Å². The summed E-state index contributed by atoms with van der Waals surface area (Å²) in [5.74, 6) is 0.697. The van der Waals surface area contributed by atoms with Crippen LogP contribution in [0.5, 0.6) is 0 Å². The molecule has 0 bridgehead atoms. The molecule has 0 fully saturated rings. The van der Waals surface area contributed by atoms with Crippen molar-refractivity contribution in [2.75, 3.05) is 11.9 Å². The molecule has 2 N–H and O–H groups in total. The molecule has 0 aliphatic carbocycles. The van der Waals surface area contributed by atoms with Crippen molar-refractivity contribution >= 4 is 28.6 Å². The molecule has 0 saturated heterocycles. The molecule has 0 saturated carbocycles. The van der Waals surface area contributed by atoms with Crippen molar-refractivity contribution in [2.45, 2.75) is 13.8 Å². The molecule has 5 nitrogen and oxygen atoms in total. The van der Waals surface area contributed by atoms with Crippen LogP contribution in [0.2, 0.25) is 0 Å². The largest absolute Gasteiger partial charge is 0.462 e. The van der Waals surface area contributed by atoms with E-state index in [1.165, 1.54) is 0 Å². The zero-order chi connectivity index (χ0) is 16.2. The van der Waals surface area contributed by atoms with E-state index in [9.17, 15) is 4.79 Å². The molecule has 3 aromatic rings. The van der Waals surface area contributed by atoms with Gasteiger partial charge < -0.3 is 15.0 Å². The number of imidazole rings is 1. The van der Waals surface area contributed by atoms with Crippen LogP contribution in [0, 0.1) is 5.92 Å². The smallest absolute Gasteiger partial charge is 0.338 e. The Morgan fingerprint density at radius 1 is 1.17 bits per heavy atom. The monoisotopic (exact) mass is 309 g/mol. The van der Waals surface area contributed by atoms with Crippen LogP contribution in [0.1, 0.15) is 24.2 Å². The molecule has 0 aliphatic heterocycles. The molecule has 0 amide bonds. The summed E-state index contributed by atoms with van der Waals surface area (Å²) in [5, 5.41) is 3.19. The first-order chi connectivity index (χ1) is 11.1. The highest BCUT2D eigenvalue weighted by molar-refractivity contribution is 5.90. The molecule has 3 rings (SSSR count). The number of aromatic nitrogens is 2. The molecule has 0 radical (unpaired) electrons. The summed E-state index contributed by atoms with van der Waals surface area (Å²) in [6.45, 7) is 4.44. The zero-order valence-electron chi connectivity index (χ0n) is 13.2. The fraction of sp³-hybridized carbons (Fsp3) is 0.222. The van der Waals surface area contributed by atoms with Crippen LogP contribution in [0.25, 0.3) is 11.0 Å². The van der Waals surface area contributed by atoms with Gasteiger partial charge in [0.15, 0.2) is 0 Å². The van der Waals surface area contributed by atoms with Gasteiger partial charge in [-0.1, -0.05) is 26.0 Å². The van der Waals surface area contributed by atoms with Gasteiger partial charge in [0.2, 0.25) is 5.95 Å². The van der Waals surface area contributed by atoms with E-state index in [2.05, 4.69) is 15.3 Å². The molecule has 0 aliphatic rings. The number of esters is 1. The van der Waals surface area contributed by atoms with Crippen molar-refractivity contribution < 1.29 is 9.53 Å². The number of carbonyl (C=O) groups excluding carboxylic acids is 1. The van der Waals surface area contributed by atoms with E-state index in [0.29, 0.717) is 24.0 Å². The highest BCUT2D eigenvalue weighted by Gasteiger charge is 2.08. The van der Waals surface area contributed by atoms with Crippen LogP contribution in [0.15, 0.2) is 48.5 Å². The summed E-state index contributed by atoms with van der Waals surface area (Å²) in [7, 11) is 0. The summed E-state index contributed by atoms with van der Waals surface area (Å²) >= 11 is 0. The first-order valence-electron chi connectivity index (χ1n) is 7.61. The number of para-hydroxylation sites is 2. The number of hydrogen-bond donors (Lipinski definition) is 2. The Kier molecular flexibility index (Phi) is 4.28. The lowest BCUT2D eigenvalue weighted by Crippen LogP contribution is -2.10. The maximum absolute atomic E-state index is 11.9. The minimum absolute atomic E-state index is 0.297. The normalized spacial score (nSPS) is 10.9. The molecule has 118 valence electrons. The number of ether oxygens (including phenoxy) is 1. The van der Waals surface area contributed by atoms with E-state index < -0.39 is 0 Å². The SMILES string of the molecule is CC(C)COC(=O)c1ccc(Nc2nc3ccccc3[nH]2)cc1. The molecule has 0 spiro atoms. The maximum Gasteiger partial charge on any atom is 0.338 e. The van der Waals surface area contributed by atoms with Gasteiger partial charge in [0.1, 0.15) is 0 Å². The Balaban J connectivity index is 1.68. The number of carbonyl (C=O) groups is 1. The summed E-state index contributed by atoms with van der Waals surface area (Å²) in [6.07, 6.45) is 0. The lowest BCUT2D eigenvalue weighted by Gasteiger charge is -2.08. The van der Waals surface area contributed by atoms with Gasteiger partial charge in [-0.3, -0.25) is 0 Å². The average molecular weight is 309 g/mol. The Hall–Kier alpha value is -2.82. The Morgan fingerprint density at radius 2 is 1.91 bits per heavy atom. The first kappa shape index (κ1) is 15.1. The maximum atomic E-state index is 11.9. The topological polar surface area (TPSA) is 67.0 Å². The molecule has 23 heavy (non-hydrogen) atoms. The van der Waals surface area contributed by atoms with Crippen LogP contribution < -0.4 is 5.32 Å². The summed E-state index contributed by atoms with van der Waals surface area (Å²) in [4.78, 5) is 19.5. The second-order valence-corrected chi connectivity index (χ2v) is 5.80. The average Bonchev–Trinajstić information content (AvgIpc) is 2.95. The van der Waals surface area contributed by atoms with Gasteiger partial charge in [0.05, 0.1) is 23.2 Å². The van der Waals surface area contributed by atoms with E-state index in [1.54, 1.807) is 12.1 Å². The highest BCUT2D eigenvalue weighted by atomic mass is 16.5. The van der Waals surface area contributed by atoms with Crippen molar-refractivity contribution in [2.24, 2.45) is 5.92 Å². The Bertz CT molecular complexity index is 774. The van der Waals surface area contributed by atoms with E-state index in [-0.39, 0.29) is 5.97 Å². The Labute approximate surface area is 134 Å². The van der Waals surface area contributed by atoms with Crippen LogP contribution >= 0.6 is 0 Å². The van der Waals surface area contributed by atoms with Crippen molar-refractivity contribution in [1.82, 2.24) is 9.97 Å². The fourth-order valence-electron chi connectivity index (χ4n) is 2.16. The molecular weight excluding hydrogens is 290 g/mol. The number of rotatable bonds is 5. The number of anilines is 2. The molecular formula is C18H19N3O2. The number of H-pyrrole nitrogens is 1. The standard InChI is InChI=1S/C18H19N3O2/c1-12(2)11-23-17(22)13-7-9-14(10-8-13)19-18-20-15-5-3-4-6-16(15)21-18/h3-10,12H,11H2,1-2H3,(H2,19,20,21). The zero-order valence-corrected chi connectivity index (χ0v) is 13.2. The van der Waals surface area contributed by atoms with E-state index in [4.69, 9.17) is 4.74 Å². The van der Waals surface area contributed by atoms with Crippen LogP contribution in [0.4, 0.5) is 11.6 Å². The number of hydrogen-bond acceptors (Lipinski definition) is 4. The highest BCUT2D eigenvalue weighted by Crippen LogP contribution is 2.18. The van der Waals surface area contributed by atoms with Gasteiger partial charge in [-0.25, -0.2) is 9.78 Å². The minimum atomic E-state index is -0.297. The minimum Gasteiger partial charge on any atom is -0.462 e. The number of fused-ring (bicyclic) bond motifs is 1. The van der Waals surface area contributed by atoms with Crippen molar-refractivity contribution in [1.29, 1.82) is 0 Å². The summed E-state index contributed by atoms with van der Waals surface area (Å²) in [6, 6.07) is 15.0. The van der Waals surface area contributed by atoms with E-state index >= 15 is 0 Å². The predicted octanol–water partition coefficient (Wildman–Crippen LogP) is 4.12. The van der Waals surface area contributed by atoms with Gasteiger partial charge in [-0.2, -0.15) is 0 Å². The van der Waals surface area contributed by atoms with Gasteiger partial charge in [0, 0.05) is 5.69 Å². The third-order valence-electron chi connectivity index (χ3n) is 3.32. The summed E-state index contributed by atoms with van der Waals surface area (Å²) < 4.78 is 5.21. The Morgan fingerprint density at radius 3 is 2.61 bits per heavy atom. The van der Waals surface area contributed by atoms with Crippen LogP contribution in [-0.4, -0.2) is 22.5 Å². The van der Waals surface area contributed by atoms with Gasteiger partial charge in [-0.15, -0.1) is 0 Å². The number of aromatic amines is 1. The third-order valence-corrected chi connectivity index (χ3v) is 3.32. The first-order valence-corrected chi connectivity index (χ1v) is 7.61. The molecule has 1 heterocycles. The van der Waals surface area contributed by atoms with Crippen LogP contribution in [-0.2, 0) is 4.74 Å². The second kappa shape index (κ2) is 6.52. The quantitative estimate of drug-likeness (QED) is 0.696. The molecule has 1 aromatic heterocycles. The summed E-state index contributed by atoms with van der Waals surface area (Å²) in [5.41, 5.74) is 3.28. The van der Waals surface area contributed by atoms with Crippen LogP contribution in [0.3, 0.4) is 0 Å². The second-order valence-electron chi connectivity index (χ2n) is 5.80. The fourth-order valence-corrected chi connectivity index (χ4v) is 2.16. The van der Waals surface area contributed by atoms with E-state index in [1.807, 2.05) is 50.2 Å². The predicted molar refractivity (Wildman–Crippen MR) is 90.9 cm³/mol.